The van der Waals surface area contributed by atoms with Crippen LogP contribution in [0.25, 0.3) is 0 Å². The van der Waals surface area contributed by atoms with Gasteiger partial charge in [-0.05, 0) is 30.0 Å². The first-order valence-corrected chi connectivity index (χ1v) is 6.03. The Hall–Kier alpha value is -1.18. The number of thiocyanates is 1. The third kappa shape index (κ3) is 2.44. The van der Waals surface area contributed by atoms with Gasteiger partial charge in [-0.15, -0.1) is 0 Å². The van der Waals surface area contributed by atoms with Crippen LogP contribution in [-0.2, 0) is 0 Å². The average Bonchev–Trinajstić information content (AvgIpc) is 2.35. The lowest BCUT2D eigenvalue weighted by atomic mass is 10.3. The fourth-order valence-corrected chi connectivity index (χ4v) is 2.69. The van der Waals surface area contributed by atoms with Crippen molar-refractivity contribution < 1.29 is 0 Å². The van der Waals surface area contributed by atoms with Gasteiger partial charge in [0.15, 0.2) is 0 Å². The number of nitrogens with zero attached hydrogens (tertiary/aromatic N) is 2. The Balaban J connectivity index is 2.47. The molecule has 2 rings (SSSR count). The molecule has 4 heteroatoms. The maximum Gasteiger partial charge on any atom is 0.140 e. The monoisotopic (exact) mass is 232 g/mol. The van der Waals surface area contributed by atoms with Gasteiger partial charge >= 0.3 is 0 Å². The van der Waals surface area contributed by atoms with Crippen molar-refractivity contribution in [1.82, 2.24) is 0 Å². The van der Waals surface area contributed by atoms with Crippen LogP contribution >= 0.6 is 23.5 Å². The molecule has 1 heterocycles. The number of aliphatic imine (C=N–C) groups is 1. The first kappa shape index (κ1) is 10.3. The van der Waals surface area contributed by atoms with Crippen LogP contribution < -0.4 is 0 Å². The molecule has 0 fully saturated rings. The highest BCUT2D eigenvalue weighted by atomic mass is 32.2. The molecule has 0 N–H and O–H groups in total. The van der Waals surface area contributed by atoms with Crippen LogP contribution in [0.3, 0.4) is 0 Å². The van der Waals surface area contributed by atoms with Gasteiger partial charge in [-0.3, -0.25) is 0 Å². The van der Waals surface area contributed by atoms with Crippen LogP contribution in [0.2, 0.25) is 0 Å². The third-order valence-corrected chi connectivity index (χ3v) is 3.36. The largest absolute Gasteiger partial charge is 0.240 e. The lowest BCUT2D eigenvalue weighted by Crippen LogP contribution is -1.82. The maximum absolute atomic E-state index is 8.64. The number of nitriles is 1. The lowest BCUT2D eigenvalue weighted by molar-refractivity contribution is 1.39. The first-order chi connectivity index (χ1) is 7.29. The molecule has 0 bridgehead atoms. The Morgan fingerprint density at radius 2 is 2.20 bits per heavy atom. The van der Waals surface area contributed by atoms with Crippen LogP contribution in [0.4, 0.5) is 5.69 Å². The molecule has 0 spiro atoms. The highest BCUT2D eigenvalue weighted by Gasteiger charge is 2.09. The van der Waals surface area contributed by atoms with Crippen molar-refractivity contribution in [3.63, 3.8) is 0 Å². The van der Waals surface area contributed by atoms with E-state index < -0.39 is 0 Å². The fraction of sp³-hybridized carbons (Fsp3) is 0.0909. The standard InChI is InChI=1S/C11H8N2S2/c1-8-6-11(14-7-12)13-9-4-2-3-5-10(9)15-8/h2-6H,1H3. The van der Waals surface area contributed by atoms with E-state index in [1.165, 1.54) is 0 Å². The van der Waals surface area contributed by atoms with Crippen LogP contribution in [0.15, 0.2) is 45.1 Å². The van der Waals surface area contributed by atoms with Crippen molar-refractivity contribution in [2.45, 2.75) is 11.8 Å². The molecule has 0 amide bonds. The van der Waals surface area contributed by atoms with E-state index in [4.69, 9.17) is 5.26 Å². The van der Waals surface area contributed by atoms with Crippen LogP contribution in [0.1, 0.15) is 6.92 Å². The summed E-state index contributed by atoms with van der Waals surface area (Å²) in [4.78, 5) is 6.73. The summed E-state index contributed by atoms with van der Waals surface area (Å²) in [6.45, 7) is 2.03. The molecular weight excluding hydrogens is 224 g/mol. The van der Waals surface area contributed by atoms with Crippen molar-refractivity contribution in [2.75, 3.05) is 0 Å². The number of allylic oxidation sites excluding steroid dienone is 1. The summed E-state index contributed by atoms with van der Waals surface area (Å²) >= 11 is 2.78. The van der Waals surface area contributed by atoms with Gasteiger partial charge < -0.3 is 0 Å². The molecular formula is C11H8N2S2. The summed E-state index contributed by atoms with van der Waals surface area (Å²) in [7, 11) is 0. The molecule has 0 aromatic heterocycles. The highest BCUT2D eigenvalue weighted by Crippen LogP contribution is 2.37. The topological polar surface area (TPSA) is 36.1 Å². The van der Waals surface area contributed by atoms with Crippen molar-refractivity contribution in [1.29, 1.82) is 5.26 Å². The highest BCUT2D eigenvalue weighted by molar-refractivity contribution is 8.18. The Bertz CT molecular complexity index is 484. The smallest absolute Gasteiger partial charge is 0.140 e. The quantitative estimate of drug-likeness (QED) is 0.636. The molecule has 0 saturated carbocycles. The van der Waals surface area contributed by atoms with E-state index in [-0.39, 0.29) is 0 Å². The zero-order valence-corrected chi connectivity index (χ0v) is 9.73. The number of rotatable bonds is 0. The predicted molar refractivity (Wildman–Crippen MR) is 66.4 cm³/mol. The molecule has 0 aliphatic carbocycles. The Labute approximate surface area is 97.1 Å². The summed E-state index contributed by atoms with van der Waals surface area (Å²) < 4.78 is 0. The van der Waals surface area contributed by atoms with Crippen molar-refractivity contribution in [3.8, 4) is 5.40 Å². The molecule has 1 aliphatic rings. The van der Waals surface area contributed by atoms with Gasteiger partial charge in [0.1, 0.15) is 10.4 Å². The molecule has 74 valence electrons. The summed E-state index contributed by atoms with van der Waals surface area (Å²) in [6, 6.07) is 7.96. The van der Waals surface area contributed by atoms with Crippen molar-refractivity contribution in [2.24, 2.45) is 4.99 Å². The van der Waals surface area contributed by atoms with E-state index in [2.05, 4.69) is 4.99 Å². The molecule has 1 aliphatic heterocycles. The summed E-state index contributed by atoms with van der Waals surface area (Å²) in [5.41, 5.74) is 0.938. The molecule has 1 aromatic rings. The summed E-state index contributed by atoms with van der Waals surface area (Å²) in [6.07, 6.45) is 1.94. The molecule has 2 nitrogen and oxygen atoms in total. The van der Waals surface area contributed by atoms with Gasteiger partial charge in [0.05, 0.1) is 5.69 Å². The van der Waals surface area contributed by atoms with Crippen LogP contribution in [-0.4, -0.2) is 5.04 Å². The second-order valence-electron chi connectivity index (χ2n) is 2.97. The average molecular weight is 232 g/mol. The maximum atomic E-state index is 8.64. The number of hydrogen-bond donors (Lipinski definition) is 0. The minimum atomic E-state index is 0.757. The summed E-state index contributed by atoms with van der Waals surface area (Å²) in [5, 5.41) is 11.4. The Morgan fingerprint density at radius 1 is 1.40 bits per heavy atom. The SMILES string of the molecule is CC1=CC(SC#N)=Nc2ccccc2S1. The summed E-state index contributed by atoms with van der Waals surface area (Å²) in [5.74, 6) is 0. The van der Waals surface area contributed by atoms with E-state index in [9.17, 15) is 0 Å². The third-order valence-electron chi connectivity index (χ3n) is 1.84. The second-order valence-corrected chi connectivity index (χ2v) is 5.06. The van der Waals surface area contributed by atoms with Crippen molar-refractivity contribution >= 4 is 34.3 Å². The Kier molecular flexibility index (Phi) is 3.14. The lowest BCUT2D eigenvalue weighted by Gasteiger charge is -2.00. The van der Waals surface area contributed by atoms with Gasteiger partial charge in [-0.2, -0.15) is 5.26 Å². The molecule has 0 radical (unpaired) electrons. The number of fused-ring (bicyclic) bond motifs is 1. The first-order valence-electron chi connectivity index (χ1n) is 4.39. The van der Waals surface area contributed by atoms with Crippen molar-refractivity contribution in [3.05, 3.63) is 35.2 Å². The normalized spacial score (nSPS) is 14.4. The number of para-hydroxylation sites is 1. The van der Waals surface area contributed by atoms with Gasteiger partial charge in [0, 0.05) is 16.7 Å². The molecule has 1 aromatic carbocycles. The van der Waals surface area contributed by atoms with E-state index >= 15 is 0 Å². The van der Waals surface area contributed by atoms with Gasteiger partial charge in [-0.25, -0.2) is 4.99 Å². The molecule has 0 atom stereocenters. The molecule has 0 saturated heterocycles. The predicted octanol–water partition coefficient (Wildman–Crippen LogP) is 3.94. The fourth-order valence-electron chi connectivity index (χ4n) is 1.26. The second kappa shape index (κ2) is 4.56. The minimum Gasteiger partial charge on any atom is -0.240 e. The van der Waals surface area contributed by atoms with Gasteiger partial charge in [0.2, 0.25) is 0 Å². The van der Waals surface area contributed by atoms with Gasteiger partial charge in [0.25, 0.3) is 0 Å². The number of hydrogen-bond acceptors (Lipinski definition) is 4. The van der Waals surface area contributed by atoms with E-state index in [1.54, 1.807) is 11.8 Å². The number of benzene rings is 1. The number of thioether (sulfide) groups is 2. The van der Waals surface area contributed by atoms with E-state index in [1.807, 2.05) is 42.7 Å². The van der Waals surface area contributed by atoms with E-state index in [0.29, 0.717) is 0 Å². The van der Waals surface area contributed by atoms with E-state index in [0.717, 1.165) is 32.3 Å². The van der Waals surface area contributed by atoms with Crippen LogP contribution in [0, 0.1) is 10.7 Å². The zero-order chi connectivity index (χ0) is 10.7. The molecule has 0 unspecified atom stereocenters. The molecule has 15 heavy (non-hydrogen) atoms. The zero-order valence-electron chi connectivity index (χ0n) is 8.10. The minimum absolute atomic E-state index is 0.757. The Morgan fingerprint density at radius 3 is 3.00 bits per heavy atom. The van der Waals surface area contributed by atoms with Crippen LogP contribution in [0.5, 0.6) is 0 Å². The van der Waals surface area contributed by atoms with Gasteiger partial charge in [-0.1, -0.05) is 23.9 Å².